The summed E-state index contributed by atoms with van der Waals surface area (Å²) in [6.45, 7) is 10.0. The first kappa shape index (κ1) is 21.5. The molecule has 1 aliphatic heterocycles. The van der Waals surface area contributed by atoms with Crippen LogP contribution in [0.2, 0.25) is 0 Å². The zero-order chi connectivity index (χ0) is 21.6. The summed E-state index contributed by atoms with van der Waals surface area (Å²) in [5.74, 6) is 0.125. The van der Waals surface area contributed by atoms with Crippen LogP contribution < -0.4 is 0 Å². The molecule has 6 nitrogen and oxygen atoms in total. The molecule has 3 aromatic rings. The molecule has 3 heterocycles. The molecule has 164 valence electrons. The van der Waals surface area contributed by atoms with E-state index in [1.807, 2.05) is 17.0 Å². The molecular weight excluding hydrogens is 390 g/mol. The van der Waals surface area contributed by atoms with Crippen LogP contribution in [0, 0.1) is 13.8 Å². The molecular formula is C25H31N3O3. The highest BCUT2D eigenvalue weighted by Crippen LogP contribution is 2.25. The summed E-state index contributed by atoms with van der Waals surface area (Å²) in [5.41, 5.74) is 5.30. The van der Waals surface area contributed by atoms with Crippen molar-refractivity contribution in [3.63, 3.8) is 0 Å². The van der Waals surface area contributed by atoms with Gasteiger partial charge in [0, 0.05) is 56.1 Å². The van der Waals surface area contributed by atoms with E-state index in [1.54, 1.807) is 18.7 Å². The SMILES string of the molecule is Cc1cc2occ(CC(=O)N(CCCN3CCOCC3)Cc3ccncc3)c2cc1C. The Hall–Kier alpha value is -2.70. The van der Waals surface area contributed by atoms with E-state index in [-0.39, 0.29) is 5.91 Å². The monoisotopic (exact) mass is 421 g/mol. The smallest absolute Gasteiger partial charge is 0.227 e. The van der Waals surface area contributed by atoms with E-state index < -0.39 is 0 Å². The fourth-order valence-electron chi connectivity index (χ4n) is 4.06. The van der Waals surface area contributed by atoms with Gasteiger partial charge in [-0.25, -0.2) is 0 Å². The maximum atomic E-state index is 13.3. The zero-order valence-electron chi connectivity index (χ0n) is 18.5. The largest absolute Gasteiger partial charge is 0.464 e. The highest BCUT2D eigenvalue weighted by Gasteiger charge is 2.19. The number of furan rings is 1. The number of carbonyl (C=O) groups is 1. The fourth-order valence-corrected chi connectivity index (χ4v) is 4.06. The van der Waals surface area contributed by atoms with Crippen molar-refractivity contribution in [3.8, 4) is 0 Å². The van der Waals surface area contributed by atoms with E-state index in [0.29, 0.717) is 13.0 Å². The number of nitrogens with zero attached hydrogens (tertiary/aromatic N) is 3. The van der Waals surface area contributed by atoms with Crippen LogP contribution in [0.3, 0.4) is 0 Å². The van der Waals surface area contributed by atoms with Gasteiger partial charge in [0.25, 0.3) is 0 Å². The number of amides is 1. The van der Waals surface area contributed by atoms with Crippen LogP contribution in [0.4, 0.5) is 0 Å². The van der Waals surface area contributed by atoms with Gasteiger partial charge in [0.1, 0.15) is 5.58 Å². The van der Waals surface area contributed by atoms with E-state index >= 15 is 0 Å². The van der Waals surface area contributed by atoms with Crippen LogP contribution in [-0.4, -0.2) is 60.1 Å². The standard InChI is InChI=1S/C25H31N3O3/c1-19-14-23-22(18-31-24(23)15-20(19)2)16-25(29)28(17-21-4-6-26-7-5-21)9-3-8-27-10-12-30-13-11-27/h4-7,14-15,18H,3,8-13,16-17H2,1-2H3. The highest BCUT2D eigenvalue weighted by atomic mass is 16.5. The first-order valence-electron chi connectivity index (χ1n) is 11.0. The lowest BCUT2D eigenvalue weighted by Crippen LogP contribution is -2.39. The summed E-state index contributed by atoms with van der Waals surface area (Å²) in [4.78, 5) is 21.8. The molecule has 0 aliphatic carbocycles. The molecule has 0 saturated carbocycles. The summed E-state index contributed by atoms with van der Waals surface area (Å²) in [6, 6.07) is 8.13. The van der Waals surface area contributed by atoms with Crippen LogP contribution in [0.25, 0.3) is 11.0 Å². The van der Waals surface area contributed by atoms with E-state index in [0.717, 1.165) is 67.9 Å². The Morgan fingerprint density at radius 1 is 1.13 bits per heavy atom. The van der Waals surface area contributed by atoms with Crippen LogP contribution >= 0.6 is 0 Å². The molecule has 0 unspecified atom stereocenters. The van der Waals surface area contributed by atoms with Crippen LogP contribution in [-0.2, 0) is 22.5 Å². The number of ether oxygens (including phenoxy) is 1. The fraction of sp³-hybridized carbons (Fsp3) is 0.440. The molecule has 1 aliphatic rings. The summed E-state index contributed by atoms with van der Waals surface area (Å²) >= 11 is 0. The molecule has 4 rings (SSSR count). The number of rotatable bonds is 8. The quantitative estimate of drug-likeness (QED) is 0.555. The maximum Gasteiger partial charge on any atom is 0.227 e. The zero-order valence-corrected chi connectivity index (χ0v) is 18.5. The minimum absolute atomic E-state index is 0.125. The van der Waals surface area contributed by atoms with Crippen molar-refractivity contribution in [2.45, 2.75) is 33.2 Å². The lowest BCUT2D eigenvalue weighted by molar-refractivity contribution is -0.131. The van der Waals surface area contributed by atoms with Crippen molar-refractivity contribution in [2.24, 2.45) is 0 Å². The Labute approximate surface area is 183 Å². The van der Waals surface area contributed by atoms with Gasteiger partial charge in [-0.1, -0.05) is 0 Å². The summed E-state index contributed by atoms with van der Waals surface area (Å²) in [5, 5.41) is 1.04. The summed E-state index contributed by atoms with van der Waals surface area (Å²) < 4.78 is 11.2. The number of carbonyl (C=O) groups excluding carboxylic acids is 1. The number of benzene rings is 1. The van der Waals surface area contributed by atoms with Crippen molar-refractivity contribution in [1.82, 2.24) is 14.8 Å². The molecule has 1 amide bonds. The van der Waals surface area contributed by atoms with Crippen molar-refractivity contribution in [3.05, 3.63) is 65.2 Å². The van der Waals surface area contributed by atoms with Gasteiger partial charge in [0.05, 0.1) is 25.9 Å². The lowest BCUT2D eigenvalue weighted by Gasteiger charge is -2.28. The van der Waals surface area contributed by atoms with Crippen molar-refractivity contribution in [1.29, 1.82) is 0 Å². The van der Waals surface area contributed by atoms with Crippen molar-refractivity contribution in [2.75, 3.05) is 39.4 Å². The Kier molecular flexibility index (Phi) is 6.99. The number of aryl methyl sites for hydroxylation is 2. The van der Waals surface area contributed by atoms with Gasteiger partial charge >= 0.3 is 0 Å². The minimum atomic E-state index is 0.125. The topological polar surface area (TPSA) is 58.8 Å². The Morgan fingerprint density at radius 2 is 1.87 bits per heavy atom. The van der Waals surface area contributed by atoms with Gasteiger partial charge in [0.2, 0.25) is 5.91 Å². The summed E-state index contributed by atoms with van der Waals surface area (Å²) in [7, 11) is 0. The predicted molar refractivity (Wildman–Crippen MR) is 121 cm³/mol. The third kappa shape index (κ3) is 5.51. The Balaban J connectivity index is 1.45. The molecule has 1 fully saturated rings. The highest BCUT2D eigenvalue weighted by molar-refractivity contribution is 5.88. The third-order valence-electron chi connectivity index (χ3n) is 6.09. The van der Waals surface area contributed by atoms with Crippen LogP contribution in [0.15, 0.2) is 47.3 Å². The molecule has 0 spiro atoms. The van der Waals surface area contributed by atoms with E-state index in [1.165, 1.54) is 11.1 Å². The molecule has 1 aromatic carbocycles. The molecule has 2 aromatic heterocycles. The Bertz CT molecular complexity index is 1010. The van der Waals surface area contributed by atoms with Gasteiger partial charge in [-0.15, -0.1) is 0 Å². The minimum Gasteiger partial charge on any atom is -0.464 e. The predicted octanol–water partition coefficient (Wildman–Crippen LogP) is 3.74. The van der Waals surface area contributed by atoms with E-state index in [9.17, 15) is 4.79 Å². The normalized spacial score (nSPS) is 14.8. The maximum absolute atomic E-state index is 13.3. The number of pyridine rings is 1. The van der Waals surface area contributed by atoms with Gasteiger partial charge in [-0.2, -0.15) is 0 Å². The number of hydrogen-bond donors (Lipinski definition) is 0. The average Bonchev–Trinajstić information content (AvgIpc) is 3.16. The van der Waals surface area contributed by atoms with Crippen molar-refractivity contribution >= 4 is 16.9 Å². The molecule has 6 heteroatoms. The Morgan fingerprint density at radius 3 is 2.65 bits per heavy atom. The lowest BCUT2D eigenvalue weighted by atomic mass is 10.0. The third-order valence-corrected chi connectivity index (χ3v) is 6.09. The first-order valence-corrected chi connectivity index (χ1v) is 11.0. The van der Waals surface area contributed by atoms with Crippen LogP contribution in [0.5, 0.6) is 0 Å². The van der Waals surface area contributed by atoms with E-state index in [4.69, 9.17) is 9.15 Å². The number of aromatic nitrogens is 1. The van der Waals surface area contributed by atoms with Crippen molar-refractivity contribution < 1.29 is 13.9 Å². The van der Waals surface area contributed by atoms with Gasteiger partial charge in [-0.05, 0) is 61.2 Å². The molecule has 0 N–H and O–H groups in total. The van der Waals surface area contributed by atoms with Gasteiger partial charge in [-0.3, -0.25) is 14.7 Å². The molecule has 0 radical (unpaired) electrons. The number of fused-ring (bicyclic) bond motifs is 1. The number of morpholine rings is 1. The molecule has 31 heavy (non-hydrogen) atoms. The molecule has 0 bridgehead atoms. The second-order valence-corrected chi connectivity index (χ2v) is 8.35. The second-order valence-electron chi connectivity index (χ2n) is 8.35. The average molecular weight is 422 g/mol. The van der Waals surface area contributed by atoms with E-state index in [2.05, 4.69) is 35.9 Å². The first-order chi connectivity index (χ1) is 15.1. The number of hydrogen-bond acceptors (Lipinski definition) is 5. The van der Waals surface area contributed by atoms with Gasteiger partial charge in [0.15, 0.2) is 0 Å². The summed E-state index contributed by atoms with van der Waals surface area (Å²) in [6.07, 6.45) is 6.58. The molecule has 1 saturated heterocycles. The van der Waals surface area contributed by atoms with Gasteiger partial charge < -0.3 is 14.1 Å². The van der Waals surface area contributed by atoms with Crippen LogP contribution in [0.1, 0.15) is 28.7 Å². The molecule has 0 atom stereocenters. The second kappa shape index (κ2) is 10.1.